The molecular formula is C23H38O5. The van der Waals surface area contributed by atoms with Gasteiger partial charge in [0.25, 0.3) is 0 Å². The molecule has 0 saturated heterocycles. The number of hydrogen-bond donors (Lipinski definition) is 1. The Balaban J connectivity index is 1.81. The fourth-order valence-electron chi connectivity index (χ4n) is 3.14. The van der Waals surface area contributed by atoms with Gasteiger partial charge in [0.1, 0.15) is 6.79 Å². The standard InChI is InChI=1S/C23H38O5/c1-26-20-28-22(23(24)25)17-13-8-6-4-2-3-5-7-9-14-18-27-19-21-15-11-10-12-16-21/h10-12,15-16,22H,2-9,13-14,17-20H2,1H3,(H,24,25)/t22-/m1/s1. The van der Waals surface area contributed by atoms with Gasteiger partial charge < -0.3 is 19.3 Å². The smallest absolute Gasteiger partial charge is 0.332 e. The molecule has 1 N–H and O–H groups in total. The Morgan fingerprint density at radius 3 is 2.04 bits per heavy atom. The molecule has 0 unspecified atom stereocenters. The van der Waals surface area contributed by atoms with Gasteiger partial charge in [0.2, 0.25) is 0 Å². The summed E-state index contributed by atoms with van der Waals surface area (Å²) in [6.45, 7) is 1.60. The predicted molar refractivity (Wildman–Crippen MR) is 111 cm³/mol. The lowest BCUT2D eigenvalue weighted by atomic mass is 10.0. The lowest BCUT2D eigenvalue weighted by Gasteiger charge is -2.12. The topological polar surface area (TPSA) is 65.0 Å². The first kappa shape index (κ1) is 24.6. The van der Waals surface area contributed by atoms with Gasteiger partial charge in [0.05, 0.1) is 6.61 Å². The van der Waals surface area contributed by atoms with Crippen molar-refractivity contribution in [1.82, 2.24) is 0 Å². The summed E-state index contributed by atoms with van der Waals surface area (Å²) in [4.78, 5) is 11.0. The lowest BCUT2D eigenvalue weighted by Crippen LogP contribution is -2.24. The van der Waals surface area contributed by atoms with Crippen LogP contribution >= 0.6 is 0 Å². The number of hydrogen-bond acceptors (Lipinski definition) is 4. The highest BCUT2D eigenvalue weighted by Gasteiger charge is 2.16. The van der Waals surface area contributed by atoms with Crippen LogP contribution in [-0.2, 0) is 25.6 Å². The zero-order valence-electron chi connectivity index (χ0n) is 17.4. The van der Waals surface area contributed by atoms with Crippen molar-refractivity contribution in [1.29, 1.82) is 0 Å². The molecule has 0 aliphatic heterocycles. The third kappa shape index (κ3) is 13.7. The number of rotatable bonds is 19. The largest absolute Gasteiger partial charge is 0.479 e. The highest BCUT2D eigenvalue weighted by Crippen LogP contribution is 2.13. The van der Waals surface area contributed by atoms with Crippen LogP contribution in [0.4, 0.5) is 0 Å². The summed E-state index contributed by atoms with van der Waals surface area (Å²) in [6, 6.07) is 10.3. The fraction of sp³-hybridized carbons (Fsp3) is 0.696. The predicted octanol–water partition coefficient (Wildman–Crippen LogP) is 5.57. The monoisotopic (exact) mass is 394 g/mol. The Morgan fingerprint density at radius 1 is 0.893 bits per heavy atom. The molecule has 5 heteroatoms. The molecule has 1 aromatic carbocycles. The summed E-state index contributed by atoms with van der Waals surface area (Å²) in [7, 11) is 1.50. The quantitative estimate of drug-likeness (QED) is 0.245. The summed E-state index contributed by atoms with van der Waals surface area (Å²) in [5, 5.41) is 9.05. The van der Waals surface area contributed by atoms with Gasteiger partial charge in [-0.25, -0.2) is 4.79 Å². The molecule has 0 aliphatic rings. The maximum atomic E-state index is 11.0. The molecule has 1 atom stereocenters. The number of unbranched alkanes of at least 4 members (excludes halogenated alkanes) is 9. The first-order chi connectivity index (χ1) is 13.7. The highest BCUT2D eigenvalue weighted by molar-refractivity contribution is 5.72. The van der Waals surface area contributed by atoms with Crippen molar-refractivity contribution in [2.75, 3.05) is 20.5 Å². The zero-order valence-corrected chi connectivity index (χ0v) is 17.4. The van der Waals surface area contributed by atoms with Crippen molar-refractivity contribution in [2.24, 2.45) is 0 Å². The van der Waals surface area contributed by atoms with E-state index in [9.17, 15) is 4.79 Å². The van der Waals surface area contributed by atoms with E-state index in [0.29, 0.717) is 13.0 Å². The number of methoxy groups -OCH3 is 1. The molecular weight excluding hydrogens is 356 g/mol. The van der Waals surface area contributed by atoms with Crippen LogP contribution in [0.2, 0.25) is 0 Å². The van der Waals surface area contributed by atoms with E-state index in [-0.39, 0.29) is 6.79 Å². The minimum atomic E-state index is -0.900. The molecule has 0 radical (unpaired) electrons. The van der Waals surface area contributed by atoms with Crippen LogP contribution in [0.25, 0.3) is 0 Å². The number of ether oxygens (including phenoxy) is 3. The van der Waals surface area contributed by atoms with E-state index in [0.717, 1.165) is 25.9 Å². The van der Waals surface area contributed by atoms with E-state index in [1.54, 1.807) is 0 Å². The van der Waals surface area contributed by atoms with E-state index in [2.05, 4.69) is 12.1 Å². The van der Waals surface area contributed by atoms with Gasteiger partial charge in [-0.3, -0.25) is 0 Å². The van der Waals surface area contributed by atoms with Crippen molar-refractivity contribution in [3.8, 4) is 0 Å². The second-order valence-electron chi connectivity index (χ2n) is 7.26. The normalized spacial score (nSPS) is 12.2. The Bertz CT molecular complexity index is 477. The summed E-state index contributed by atoms with van der Waals surface area (Å²) in [6.07, 6.45) is 11.7. The summed E-state index contributed by atoms with van der Waals surface area (Å²) in [5.74, 6) is -0.900. The lowest BCUT2D eigenvalue weighted by molar-refractivity contribution is -0.159. The molecule has 0 aliphatic carbocycles. The average molecular weight is 395 g/mol. The number of carbonyl (C=O) groups is 1. The minimum Gasteiger partial charge on any atom is -0.479 e. The van der Waals surface area contributed by atoms with E-state index in [1.165, 1.54) is 57.6 Å². The minimum absolute atomic E-state index is 0.0378. The van der Waals surface area contributed by atoms with Gasteiger partial charge in [-0.15, -0.1) is 0 Å². The van der Waals surface area contributed by atoms with Gasteiger partial charge in [0.15, 0.2) is 6.10 Å². The van der Waals surface area contributed by atoms with Gasteiger partial charge in [0, 0.05) is 13.7 Å². The van der Waals surface area contributed by atoms with Crippen molar-refractivity contribution < 1.29 is 24.1 Å². The SMILES string of the molecule is COCO[C@H](CCCCCCCCCCCCOCc1ccccc1)C(=O)O. The summed E-state index contributed by atoms with van der Waals surface area (Å²) in [5.41, 5.74) is 1.24. The first-order valence-electron chi connectivity index (χ1n) is 10.7. The highest BCUT2D eigenvalue weighted by atomic mass is 16.7. The van der Waals surface area contributed by atoms with Crippen molar-refractivity contribution in [3.63, 3.8) is 0 Å². The zero-order chi connectivity index (χ0) is 20.3. The Kier molecular flexibility index (Phi) is 15.5. The summed E-state index contributed by atoms with van der Waals surface area (Å²) >= 11 is 0. The number of benzene rings is 1. The third-order valence-electron chi connectivity index (χ3n) is 4.78. The van der Waals surface area contributed by atoms with Crippen LogP contribution in [0, 0.1) is 0 Å². The molecule has 0 bridgehead atoms. The summed E-state index contributed by atoms with van der Waals surface area (Å²) < 4.78 is 15.6. The Morgan fingerprint density at radius 2 is 1.46 bits per heavy atom. The molecule has 0 fully saturated rings. The molecule has 28 heavy (non-hydrogen) atoms. The first-order valence-corrected chi connectivity index (χ1v) is 10.7. The van der Waals surface area contributed by atoms with Gasteiger partial charge >= 0.3 is 5.97 Å². The Labute approximate surface area is 170 Å². The van der Waals surface area contributed by atoms with Crippen molar-refractivity contribution >= 4 is 5.97 Å². The Hall–Kier alpha value is -1.43. The van der Waals surface area contributed by atoms with Crippen LogP contribution in [-0.4, -0.2) is 37.7 Å². The molecule has 1 aromatic rings. The van der Waals surface area contributed by atoms with E-state index < -0.39 is 12.1 Å². The van der Waals surface area contributed by atoms with Crippen LogP contribution in [0.1, 0.15) is 76.2 Å². The van der Waals surface area contributed by atoms with Gasteiger partial charge in [-0.2, -0.15) is 0 Å². The van der Waals surface area contributed by atoms with E-state index >= 15 is 0 Å². The van der Waals surface area contributed by atoms with Gasteiger partial charge in [-0.1, -0.05) is 88.1 Å². The number of aliphatic carboxylic acids is 1. The fourth-order valence-corrected chi connectivity index (χ4v) is 3.14. The molecule has 0 aromatic heterocycles. The van der Waals surface area contributed by atoms with Crippen LogP contribution in [0.3, 0.4) is 0 Å². The molecule has 0 saturated carbocycles. The molecule has 160 valence electrons. The second-order valence-corrected chi connectivity index (χ2v) is 7.26. The maximum absolute atomic E-state index is 11.0. The molecule has 0 amide bonds. The molecule has 5 nitrogen and oxygen atoms in total. The van der Waals surface area contributed by atoms with Crippen molar-refractivity contribution in [3.05, 3.63) is 35.9 Å². The maximum Gasteiger partial charge on any atom is 0.332 e. The van der Waals surface area contributed by atoms with Crippen LogP contribution < -0.4 is 0 Å². The molecule has 0 heterocycles. The second kappa shape index (κ2) is 17.7. The van der Waals surface area contributed by atoms with Crippen LogP contribution in [0.15, 0.2) is 30.3 Å². The molecule has 0 spiro atoms. The number of carboxylic acid groups (broad SMARTS) is 1. The number of carboxylic acids is 1. The molecule has 1 rings (SSSR count). The van der Waals surface area contributed by atoms with Crippen molar-refractivity contribution in [2.45, 2.75) is 83.3 Å². The van der Waals surface area contributed by atoms with E-state index in [1.807, 2.05) is 18.2 Å². The van der Waals surface area contributed by atoms with E-state index in [4.69, 9.17) is 19.3 Å². The van der Waals surface area contributed by atoms with Gasteiger partial charge in [-0.05, 0) is 18.4 Å². The third-order valence-corrected chi connectivity index (χ3v) is 4.78. The van der Waals surface area contributed by atoms with Crippen LogP contribution in [0.5, 0.6) is 0 Å². The average Bonchev–Trinajstić information content (AvgIpc) is 2.71.